The quantitative estimate of drug-likeness (QED) is 0.720. The van der Waals surface area contributed by atoms with Gasteiger partial charge in [-0.1, -0.05) is 42.5 Å². The molecule has 1 aliphatic rings. The molecular formula is C21H22F3NO2. The summed E-state index contributed by atoms with van der Waals surface area (Å²) in [5.41, 5.74) is -0.294. The van der Waals surface area contributed by atoms with Crippen LogP contribution in [0.2, 0.25) is 0 Å². The molecule has 27 heavy (non-hydrogen) atoms. The van der Waals surface area contributed by atoms with Gasteiger partial charge in [0.05, 0.1) is 5.56 Å². The van der Waals surface area contributed by atoms with Gasteiger partial charge in [-0.25, -0.2) is 0 Å². The lowest BCUT2D eigenvalue weighted by Crippen LogP contribution is -2.48. The third-order valence-electron chi connectivity index (χ3n) is 4.84. The van der Waals surface area contributed by atoms with E-state index in [0.29, 0.717) is 25.1 Å². The minimum Gasteiger partial charge on any atom is -0.453 e. The van der Waals surface area contributed by atoms with Gasteiger partial charge in [-0.3, -0.25) is 9.69 Å². The Labute approximate surface area is 156 Å². The minimum absolute atomic E-state index is 0.364. The maximum atomic E-state index is 13.2. The lowest BCUT2D eigenvalue weighted by molar-refractivity contribution is -0.165. The topological polar surface area (TPSA) is 29.5 Å². The molecule has 0 aliphatic carbocycles. The van der Waals surface area contributed by atoms with Crippen molar-refractivity contribution in [3.8, 4) is 0 Å². The molecule has 0 amide bonds. The molecule has 0 radical (unpaired) electrons. The summed E-state index contributed by atoms with van der Waals surface area (Å²) in [4.78, 5) is 13.9. The fraction of sp³-hybridized carbons (Fsp3) is 0.381. The van der Waals surface area contributed by atoms with E-state index >= 15 is 0 Å². The molecule has 0 aromatic heterocycles. The summed E-state index contributed by atoms with van der Waals surface area (Å²) in [5, 5.41) is 0. The molecule has 0 saturated carbocycles. The van der Waals surface area contributed by atoms with Crippen LogP contribution < -0.4 is 0 Å². The van der Waals surface area contributed by atoms with Crippen LogP contribution in [0.25, 0.3) is 0 Å². The molecule has 144 valence electrons. The van der Waals surface area contributed by atoms with Gasteiger partial charge in [0, 0.05) is 20.0 Å². The van der Waals surface area contributed by atoms with Crippen LogP contribution in [-0.4, -0.2) is 24.0 Å². The molecule has 3 nitrogen and oxygen atoms in total. The second kappa shape index (κ2) is 7.72. The standard InChI is InChI=1S/C21H22F3NO2/c1-16(26)27-20(18-9-5-10-19(13-18)21(22,23)24)11-6-12-25(15-20)14-17-7-3-2-4-8-17/h2-5,7-10,13H,6,11-12,14-15H2,1H3. The van der Waals surface area contributed by atoms with Gasteiger partial charge < -0.3 is 4.74 Å². The summed E-state index contributed by atoms with van der Waals surface area (Å²) in [5.74, 6) is -0.492. The maximum absolute atomic E-state index is 13.2. The van der Waals surface area contributed by atoms with Crippen molar-refractivity contribution < 1.29 is 22.7 Å². The third kappa shape index (κ3) is 4.69. The SMILES string of the molecule is CC(=O)OC1(c2cccc(C(F)(F)F)c2)CCCN(Cc2ccccc2)C1. The first-order valence-corrected chi connectivity index (χ1v) is 8.92. The number of carbonyl (C=O) groups excluding carboxylic acids is 1. The molecule has 1 aliphatic heterocycles. The van der Waals surface area contributed by atoms with Crippen LogP contribution in [-0.2, 0) is 27.9 Å². The number of rotatable bonds is 4. The van der Waals surface area contributed by atoms with Crippen LogP contribution in [0.4, 0.5) is 13.2 Å². The average Bonchev–Trinajstić information content (AvgIpc) is 2.62. The Kier molecular flexibility index (Phi) is 5.56. The number of halogens is 3. The molecule has 2 aromatic rings. The Balaban J connectivity index is 1.91. The molecule has 1 unspecified atom stereocenters. The van der Waals surface area contributed by atoms with Crippen LogP contribution >= 0.6 is 0 Å². The van der Waals surface area contributed by atoms with Crippen LogP contribution in [0.1, 0.15) is 36.5 Å². The molecule has 1 heterocycles. The van der Waals surface area contributed by atoms with E-state index in [9.17, 15) is 18.0 Å². The Morgan fingerprint density at radius 2 is 1.89 bits per heavy atom. The number of carbonyl (C=O) groups is 1. The number of nitrogens with zero attached hydrogens (tertiary/aromatic N) is 1. The minimum atomic E-state index is -4.44. The van der Waals surface area contributed by atoms with Crippen molar-refractivity contribution in [2.24, 2.45) is 0 Å². The van der Waals surface area contributed by atoms with Crippen molar-refractivity contribution in [1.82, 2.24) is 4.90 Å². The third-order valence-corrected chi connectivity index (χ3v) is 4.84. The first-order valence-electron chi connectivity index (χ1n) is 8.92. The van der Waals surface area contributed by atoms with Crippen molar-refractivity contribution >= 4 is 5.97 Å². The smallest absolute Gasteiger partial charge is 0.416 e. The zero-order chi connectivity index (χ0) is 19.5. The zero-order valence-electron chi connectivity index (χ0n) is 15.1. The number of hydrogen-bond acceptors (Lipinski definition) is 3. The number of hydrogen-bond donors (Lipinski definition) is 0. The Morgan fingerprint density at radius 1 is 1.15 bits per heavy atom. The molecule has 1 fully saturated rings. The van der Waals surface area contributed by atoms with Crippen molar-refractivity contribution in [2.75, 3.05) is 13.1 Å². The number of piperidine rings is 1. The normalized spacial score (nSPS) is 21.0. The number of likely N-dealkylation sites (tertiary alicyclic amines) is 1. The Bertz CT molecular complexity index is 792. The van der Waals surface area contributed by atoms with E-state index in [1.807, 2.05) is 30.3 Å². The lowest BCUT2D eigenvalue weighted by Gasteiger charge is -2.42. The fourth-order valence-corrected chi connectivity index (χ4v) is 3.72. The predicted molar refractivity (Wildman–Crippen MR) is 95.8 cm³/mol. The van der Waals surface area contributed by atoms with E-state index in [0.717, 1.165) is 30.7 Å². The van der Waals surface area contributed by atoms with Gasteiger partial charge >= 0.3 is 12.1 Å². The highest BCUT2D eigenvalue weighted by Gasteiger charge is 2.41. The van der Waals surface area contributed by atoms with E-state index < -0.39 is 23.3 Å². The predicted octanol–water partition coefficient (Wildman–Crippen LogP) is 4.76. The van der Waals surface area contributed by atoms with E-state index in [4.69, 9.17) is 4.74 Å². The van der Waals surface area contributed by atoms with E-state index in [-0.39, 0.29) is 0 Å². The summed E-state index contributed by atoms with van der Waals surface area (Å²) in [7, 11) is 0. The fourth-order valence-electron chi connectivity index (χ4n) is 3.72. The first-order chi connectivity index (χ1) is 12.8. The highest BCUT2D eigenvalue weighted by atomic mass is 19.4. The molecule has 0 spiro atoms. The van der Waals surface area contributed by atoms with Gasteiger partial charge in [-0.05, 0) is 42.6 Å². The average molecular weight is 377 g/mol. The van der Waals surface area contributed by atoms with Gasteiger partial charge in [0.2, 0.25) is 0 Å². The summed E-state index contributed by atoms with van der Waals surface area (Å²) in [6.45, 7) is 3.12. The van der Waals surface area contributed by atoms with Gasteiger partial charge in [0.15, 0.2) is 0 Å². The number of benzene rings is 2. The molecule has 1 atom stereocenters. The highest BCUT2D eigenvalue weighted by molar-refractivity contribution is 5.67. The maximum Gasteiger partial charge on any atom is 0.416 e. The molecule has 3 rings (SSSR count). The zero-order valence-corrected chi connectivity index (χ0v) is 15.1. The molecule has 1 saturated heterocycles. The highest BCUT2D eigenvalue weighted by Crippen LogP contribution is 2.39. The molecule has 0 bridgehead atoms. The monoisotopic (exact) mass is 377 g/mol. The number of alkyl halides is 3. The lowest BCUT2D eigenvalue weighted by atomic mass is 9.84. The summed E-state index contributed by atoms with van der Waals surface area (Å²) in [6.07, 6.45) is -3.21. The van der Waals surface area contributed by atoms with E-state index in [1.54, 1.807) is 6.07 Å². The summed E-state index contributed by atoms with van der Waals surface area (Å²) < 4.78 is 45.2. The van der Waals surface area contributed by atoms with Crippen LogP contribution in [0, 0.1) is 0 Å². The van der Waals surface area contributed by atoms with Crippen molar-refractivity contribution in [3.63, 3.8) is 0 Å². The first kappa shape index (κ1) is 19.4. The Hall–Kier alpha value is -2.34. The summed E-state index contributed by atoms with van der Waals surface area (Å²) in [6, 6.07) is 15.0. The second-order valence-corrected chi connectivity index (χ2v) is 6.97. The van der Waals surface area contributed by atoms with Crippen LogP contribution in [0.15, 0.2) is 54.6 Å². The second-order valence-electron chi connectivity index (χ2n) is 6.97. The van der Waals surface area contributed by atoms with Gasteiger partial charge in [-0.15, -0.1) is 0 Å². The molecule has 2 aromatic carbocycles. The molecular weight excluding hydrogens is 355 g/mol. The van der Waals surface area contributed by atoms with Crippen molar-refractivity contribution in [2.45, 2.75) is 38.1 Å². The van der Waals surface area contributed by atoms with Gasteiger partial charge in [0.1, 0.15) is 5.60 Å². The number of esters is 1. The number of ether oxygens (including phenoxy) is 1. The molecule has 6 heteroatoms. The van der Waals surface area contributed by atoms with E-state index in [2.05, 4.69) is 4.90 Å². The van der Waals surface area contributed by atoms with Crippen LogP contribution in [0.3, 0.4) is 0 Å². The summed E-state index contributed by atoms with van der Waals surface area (Å²) >= 11 is 0. The van der Waals surface area contributed by atoms with Gasteiger partial charge in [-0.2, -0.15) is 13.2 Å². The Morgan fingerprint density at radius 3 is 2.56 bits per heavy atom. The van der Waals surface area contributed by atoms with Crippen molar-refractivity contribution in [3.05, 3.63) is 71.3 Å². The molecule has 0 N–H and O–H groups in total. The van der Waals surface area contributed by atoms with E-state index in [1.165, 1.54) is 13.0 Å². The largest absolute Gasteiger partial charge is 0.453 e. The van der Waals surface area contributed by atoms with Crippen LogP contribution in [0.5, 0.6) is 0 Å². The van der Waals surface area contributed by atoms with Crippen molar-refractivity contribution in [1.29, 1.82) is 0 Å². The van der Waals surface area contributed by atoms with Gasteiger partial charge in [0.25, 0.3) is 0 Å².